The smallest absolute Gasteiger partial charge is 0.341 e. The van der Waals surface area contributed by atoms with Gasteiger partial charge in [0.15, 0.2) is 5.16 Å². The Kier molecular flexibility index (Phi) is 9.35. The number of benzene rings is 1. The van der Waals surface area contributed by atoms with Crippen LogP contribution in [-0.2, 0) is 41.8 Å². The Bertz CT molecular complexity index is 1200. The number of thioether (sulfide) groups is 1. The van der Waals surface area contributed by atoms with Crippen molar-refractivity contribution in [1.82, 2.24) is 14.8 Å². The van der Waals surface area contributed by atoms with Crippen molar-refractivity contribution in [3.63, 3.8) is 0 Å². The number of hydrogen-bond donors (Lipinski definition) is 1. The molecule has 2 heterocycles. The number of allylic oxidation sites excluding steroid dienone is 1. The van der Waals surface area contributed by atoms with E-state index in [2.05, 4.69) is 38.8 Å². The van der Waals surface area contributed by atoms with Crippen LogP contribution in [0.15, 0.2) is 48.1 Å². The molecule has 0 radical (unpaired) electrons. The first-order valence-electron chi connectivity index (χ1n) is 12.4. The monoisotopic (exact) mass is 524 g/mol. The molecule has 0 saturated heterocycles. The molecular formula is C27H32N4O3S2. The standard InChI is InChI=1S/C27H32N4O3S2/c1-3-17-31-22(15-14-19-10-6-5-7-11-19)29-30-27(31)35-18-16-23(32)28-25-24(26(33)34-4-2)20-12-8-9-13-21(20)36-25/h3,5-7,10-11H,1,4,8-9,12-18H2,2H3,(H,28,32). The molecule has 3 aromatic rings. The molecule has 1 N–H and O–H groups in total. The van der Waals surface area contributed by atoms with Crippen molar-refractivity contribution in [2.45, 2.75) is 63.6 Å². The molecule has 0 saturated carbocycles. The normalized spacial score (nSPS) is 12.7. The van der Waals surface area contributed by atoms with Crippen molar-refractivity contribution in [2.24, 2.45) is 0 Å². The van der Waals surface area contributed by atoms with Crippen molar-refractivity contribution in [3.8, 4) is 0 Å². The van der Waals surface area contributed by atoms with Crippen molar-refractivity contribution in [2.75, 3.05) is 17.7 Å². The van der Waals surface area contributed by atoms with E-state index >= 15 is 0 Å². The van der Waals surface area contributed by atoms with Gasteiger partial charge in [-0.3, -0.25) is 4.79 Å². The predicted octanol–water partition coefficient (Wildman–Crippen LogP) is 5.49. The summed E-state index contributed by atoms with van der Waals surface area (Å²) in [5.41, 5.74) is 2.86. The van der Waals surface area contributed by atoms with Crippen LogP contribution in [0.2, 0.25) is 0 Å². The third kappa shape index (κ3) is 6.44. The van der Waals surface area contributed by atoms with E-state index in [0.717, 1.165) is 55.1 Å². The number of thiophene rings is 1. The first-order valence-corrected chi connectivity index (χ1v) is 14.2. The molecule has 0 aliphatic heterocycles. The van der Waals surface area contributed by atoms with Gasteiger partial charge in [0, 0.05) is 30.0 Å². The Balaban J connectivity index is 1.36. The summed E-state index contributed by atoms with van der Waals surface area (Å²) in [7, 11) is 0. The largest absolute Gasteiger partial charge is 0.462 e. The van der Waals surface area contributed by atoms with E-state index in [4.69, 9.17) is 4.74 Å². The molecule has 36 heavy (non-hydrogen) atoms. The highest BCUT2D eigenvalue weighted by Gasteiger charge is 2.27. The van der Waals surface area contributed by atoms with Crippen LogP contribution in [0, 0.1) is 0 Å². The number of aromatic nitrogens is 3. The Morgan fingerprint density at radius 3 is 2.78 bits per heavy atom. The molecule has 190 valence electrons. The van der Waals surface area contributed by atoms with Gasteiger partial charge in [0.2, 0.25) is 5.91 Å². The van der Waals surface area contributed by atoms with Crippen LogP contribution in [0.5, 0.6) is 0 Å². The van der Waals surface area contributed by atoms with Gasteiger partial charge in [-0.2, -0.15) is 0 Å². The molecule has 1 aromatic carbocycles. The van der Waals surface area contributed by atoms with E-state index < -0.39 is 0 Å². The van der Waals surface area contributed by atoms with Gasteiger partial charge in [-0.05, 0) is 50.2 Å². The Hall–Kier alpha value is -2.91. The summed E-state index contributed by atoms with van der Waals surface area (Å²) in [6.45, 7) is 6.60. The van der Waals surface area contributed by atoms with Crippen LogP contribution in [0.3, 0.4) is 0 Å². The fourth-order valence-electron chi connectivity index (χ4n) is 4.32. The van der Waals surface area contributed by atoms with E-state index in [1.54, 1.807) is 6.92 Å². The Morgan fingerprint density at radius 2 is 2.00 bits per heavy atom. The molecule has 0 unspecified atom stereocenters. The van der Waals surface area contributed by atoms with E-state index in [0.29, 0.717) is 35.9 Å². The zero-order valence-electron chi connectivity index (χ0n) is 20.6. The highest BCUT2D eigenvalue weighted by atomic mass is 32.2. The maximum atomic E-state index is 12.8. The number of anilines is 1. The summed E-state index contributed by atoms with van der Waals surface area (Å²) < 4.78 is 7.35. The lowest BCUT2D eigenvalue weighted by Gasteiger charge is -2.12. The average Bonchev–Trinajstić information content (AvgIpc) is 3.44. The molecule has 0 bridgehead atoms. The highest BCUT2D eigenvalue weighted by Crippen LogP contribution is 2.38. The van der Waals surface area contributed by atoms with Crippen molar-refractivity contribution >= 4 is 40.0 Å². The molecule has 7 nitrogen and oxygen atoms in total. The van der Waals surface area contributed by atoms with Crippen LogP contribution in [0.25, 0.3) is 0 Å². The van der Waals surface area contributed by atoms with E-state index in [-0.39, 0.29) is 11.9 Å². The topological polar surface area (TPSA) is 86.1 Å². The van der Waals surface area contributed by atoms with Crippen molar-refractivity contribution in [1.29, 1.82) is 0 Å². The van der Waals surface area contributed by atoms with Gasteiger partial charge >= 0.3 is 5.97 Å². The molecule has 1 aliphatic rings. The number of nitrogens with zero attached hydrogens (tertiary/aromatic N) is 3. The molecule has 0 atom stereocenters. The Morgan fingerprint density at radius 1 is 1.19 bits per heavy atom. The summed E-state index contributed by atoms with van der Waals surface area (Å²) in [5, 5.41) is 13.1. The quantitative estimate of drug-likeness (QED) is 0.192. The number of carbonyl (C=O) groups excluding carboxylic acids is 2. The zero-order chi connectivity index (χ0) is 25.3. The summed E-state index contributed by atoms with van der Waals surface area (Å²) in [6.07, 6.45) is 7.78. The molecule has 0 fully saturated rings. The molecule has 4 rings (SSSR count). The average molecular weight is 525 g/mol. The molecule has 0 spiro atoms. The number of nitrogens with one attached hydrogen (secondary N) is 1. The number of rotatable bonds is 12. The number of ether oxygens (including phenoxy) is 1. The van der Waals surface area contributed by atoms with Gasteiger partial charge in [-0.1, -0.05) is 48.2 Å². The lowest BCUT2D eigenvalue weighted by atomic mass is 9.95. The van der Waals surface area contributed by atoms with Gasteiger partial charge in [0.05, 0.1) is 12.2 Å². The molecule has 9 heteroatoms. The third-order valence-electron chi connectivity index (χ3n) is 6.05. The van der Waals surface area contributed by atoms with Crippen LogP contribution in [0.4, 0.5) is 5.00 Å². The van der Waals surface area contributed by atoms with Gasteiger partial charge in [0.1, 0.15) is 10.8 Å². The zero-order valence-corrected chi connectivity index (χ0v) is 22.3. The minimum absolute atomic E-state index is 0.120. The van der Waals surface area contributed by atoms with Crippen molar-refractivity contribution in [3.05, 3.63) is 70.4 Å². The van der Waals surface area contributed by atoms with Crippen molar-refractivity contribution < 1.29 is 14.3 Å². The van der Waals surface area contributed by atoms with Crippen LogP contribution in [0.1, 0.15) is 58.4 Å². The fourth-order valence-corrected chi connectivity index (χ4v) is 6.52. The molecule has 1 aliphatic carbocycles. The van der Waals surface area contributed by atoms with Gasteiger partial charge in [-0.15, -0.1) is 28.1 Å². The van der Waals surface area contributed by atoms with Crippen LogP contribution < -0.4 is 5.32 Å². The second-order valence-electron chi connectivity index (χ2n) is 8.57. The number of hydrogen-bond acceptors (Lipinski definition) is 7. The van der Waals surface area contributed by atoms with E-state index in [1.807, 2.05) is 24.3 Å². The maximum absolute atomic E-state index is 12.8. The van der Waals surface area contributed by atoms with E-state index in [9.17, 15) is 9.59 Å². The first-order chi connectivity index (χ1) is 17.6. The van der Waals surface area contributed by atoms with Gasteiger partial charge < -0.3 is 14.6 Å². The summed E-state index contributed by atoms with van der Waals surface area (Å²) in [4.78, 5) is 26.6. The van der Waals surface area contributed by atoms with Crippen LogP contribution >= 0.6 is 23.1 Å². The molecule has 2 aromatic heterocycles. The summed E-state index contributed by atoms with van der Waals surface area (Å²) in [5.74, 6) is 1.00. The number of amides is 1. The minimum Gasteiger partial charge on any atom is -0.462 e. The lowest BCUT2D eigenvalue weighted by Crippen LogP contribution is -2.16. The predicted molar refractivity (Wildman–Crippen MR) is 145 cm³/mol. The molecular weight excluding hydrogens is 492 g/mol. The minimum atomic E-state index is -0.345. The number of esters is 1. The lowest BCUT2D eigenvalue weighted by molar-refractivity contribution is -0.115. The Labute approximate surface area is 220 Å². The summed E-state index contributed by atoms with van der Waals surface area (Å²) in [6, 6.07) is 10.3. The number of fused-ring (bicyclic) bond motifs is 1. The highest BCUT2D eigenvalue weighted by molar-refractivity contribution is 7.99. The summed E-state index contributed by atoms with van der Waals surface area (Å²) >= 11 is 3.02. The second-order valence-corrected chi connectivity index (χ2v) is 10.7. The maximum Gasteiger partial charge on any atom is 0.341 e. The van der Waals surface area contributed by atoms with Gasteiger partial charge in [0.25, 0.3) is 0 Å². The first kappa shape index (κ1) is 26.2. The number of aryl methyl sites for hydroxylation is 3. The third-order valence-corrected chi connectivity index (χ3v) is 8.23. The molecule has 1 amide bonds. The fraction of sp³-hybridized carbons (Fsp3) is 0.407. The SMILES string of the molecule is C=CCn1c(CCc2ccccc2)nnc1SCCC(=O)Nc1sc2c(c1C(=O)OCC)CCCC2. The van der Waals surface area contributed by atoms with Gasteiger partial charge in [-0.25, -0.2) is 4.79 Å². The number of carbonyl (C=O) groups is 2. The van der Waals surface area contributed by atoms with Crippen LogP contribution in [-0.4, -0.2) is 39.0 Å². The second kappa shape index (κ2) is 12.9. The van der Waals surface area contributed by atoms with E-state index in [1.165, 1.54) is 33.5 Å².